The van der Waals surface area contributed by atoms with Crippen molar-refractivity contribution in [2.24, 2.45) is 0 Å². The lowest BCUT2D eigenvalue weighted by molar-refractivity contribution is 0.0984. The normalized spacial score (nSPS) is 11.4. The molecule has 192 valence electrons. The van der Waals surface area contributed by atoms with Crippen molar-refractivity contribution in [1.29, 1.82) is 0 Å². The molecule has 0 aliphatic rings. The summed E-state index contributed by atoms with van der Waals surface area (Å²) in [5, 5.41) is 0.567. The molecule has 0 N–H and O–H groups in total. The van der Waals surface area contributed by atoms with Gasteiger partial charge in [-0.25, -0.2) is 13.4 Å². The van der Waals surface area contributed by atoms with Gasteiger partial charge < -0.3 is 0 Å². The fourth-order valence-corrected chi connectivity index (χ4v) is 6.34. The number of benzene rings is 3. The molecule has 2 aromatic heterocycles. The lowest BCUT2D eigenvalue weighted by Gasteiger charge is -2.21. The van der Waals surface area contributed by atoms with Crippen molar-refractivity contribution in [3.8, 4) is 0 Å². The van der Waals surface area contributed by atoms with Gasteiger partial charge in [0.05, 0.1) is 33.0 Å². The number of amides is 1. The van der Waals surface area contributed by atoms with E-state index in [1.165, 1.54) is 34.8 Å². The third kappa shape index (κ3) is 5.03. The highest BCUT2D eigenvalue weighted by molar-refractivity contribution is 7.92. The molecular formula is C29H26N4O3S2. The van der Waals surface area contributed by atoms with E-state index in [4.69, 9.17) is 4.98 Å². The third-order valence-corrected chi connectivity index (χ3v) is 9.12. The van der Waals surface area contributed by atoms with E-state index in [9.17, 15) is 13.2 Å². The third-order valence-electron chi connectivity index (χ3n) is 6.27. The molecule has 38 heavy (non-hydrogen) atoms. The van der Waals surface area contributed by atoms with Crippen molar-refractivity contribution in [2.45, 2.75) is 24.8 Å². The number of thiazole rings is 1. The molecule has 0 unspecified atom stereocenters. The number of fused-ring (bicyclic) bond motifs is 1. The predicted molar refractivity (Wildman–Crippen MR) is 152 cm³/mol. The van der Waals surface area contributed by atoms with E-state index in [2.05, 4.69) is 11.9 Å². The summed E-state index contributed by atoms with van der Waals surface area (Å²) in [5.74, 6) is -0.284. The minimum Gasteiger partial charge on any atom is -0.278 e. The predicted octanol–water partition coefficient (Wildman–Crippen LogP) is 5.93. The summed E-state index contributed by atoms with van der Waals surface area (Å²) in [6.45, 7) is 2.31. The van der Waals surface area contributed by atoms with E-state index in [1.807, 2.05) is 42.5 Å². The lowest BCUT2D eigenvalue weighted by Crippen LogP contribution is -2.31. The largest absolute Gasteiger partial charge is 0.278 e. The molecule has 0 saturated carbocycles. The molecule has 0 radical (unpaired) electrons. The first kappa shape index (κ1) is 25.6. The summed E-state index contributed by atoms with van der Waals surface area (Å²) in [7, 11) is -2.28. The molecule has 0 atom stereocenters. The zero-order valence-corrected chi connectivity index (χ0v) is 22.6. The molecule has 2 heterocycles. The van der Waals surface area contributed by atoms with Crippen LogP contribution in [0.3, 0.4) is 0 Å². The molecule has 5 rings (SSSR count). The van der Waals surface area contributed by atoms with Crippen LogP contribution in [-0.4, -0.2) is 31.3 Å². The lowest BCUT2D eigenvalue weighted by atomic mass is 10.1. The summed E-state index contributed by atoms with van der Waals surface area (Å²) in [6.07, 6.45) is 2.52. The van der Waals surface area contributed by atoms with Crippen LogP contribution in [0.2, 0.25) is 0 Å². The van der Waals surface area contributed by atoms with Crippen molar-refractivity contribution >= 4 is 48.3 Å². The monoisotopic (exact) mass is 542 g/mol. The molecule has 0 aliphatic heterocycles. The second-order valence-electron chi connectivity index (χ2n) is 8.66. The molecule has 0 saturated heterocycles. The SMILES string of the molecule is CCc1cccc2sc(N(Cc3ccccn3)C(=O)c3ccc(S(=O)(=O)N(C)c4ccccc4)cc3)nc12. The topological polar surface area (TPSA) is 83.5 Å². The number of hydrogen-bond donors (Lipinski definition) is 0. The van der Waals surface area contributed by atoms with Gasteiger partial charge in [-0.15, -0.1) is 0 Å². The highest BCUT2D eigenvalue weighted by Crippen LogP contribution is 2.33. The number of sulfonamides is 1. The Morgan fingerprint density at radius 1 is 0.895 bits per heavy atom. The molecule has 0 aliphatic carbocycles. The van der Waals surface area contributed by atoms with E-state index in [0.717, 1.165) is 27.9 Å². The Morgan fingerprint density at radius 3 is 2.32 bits per heavy atom. The van der Waals surface area contributed by atoms with E-state index in [0.29, 0.717) is 16.4 Å². The zero-order chi connectivity index (χ0) is 26.7. The number of pyridine rings is 1. The molecule has 1 amide bonds. The van der Waals surface area contributed by atoms with Gasteiger partial charge in [-0.3, -0.25) is 19.0 Å². The minimum absolute atomic E-state index is 0.101. The number of hydrogen-bond acceptors (Lipinski definition) is 6. The second kappa shape index (κ2) is 10.7. The average molecular weight is 543 g/mol. The number of aryl methyl sites for hydroxylation is 1. The van der Waals surface area contributed by atoms with Crippen molar-refractivity contribution in [1.82, 2.24) is 9.97 Å². The summed E-state index contributed by atoms with van der Waals surface area (Å²) in [6, 6.07) is 26.5. The first-order chi connectivity index (χ1) is 18.4. The molecule has 9 heteroatoms. The van der Waals surface area contributed by atoms with Gasteiger partial charge in [-0.05, 0) is 66.6 Å². The Labute approximate surface area is 226 Å². The van der Waals surface area contributed by atoms with Gasteiger partial charge in [0.2, 0.25) is 0 Å². The van der Waals surface area contributed by atoms with Crippen LogP contribution < -0.4 is 9.21 Å². The van der Waals surface area contributed by atoms with Gasteiger partial charge in [0, 0.05) is 18.8 Å². The van der Waals surface area contributed by atoms with Crippen LogP contribution in [0.15, 0.2) is 102 Å². The van der Waals surface area contributed by atoms with Crippen LogP contribution in [0.1, 0.15) is 28.5 Å². The minimum atomic E-state index is -3.79. The maximum absolute atomic E-state index is 13.8. The highest BCUT2D eigenvalue weighted by atomic mass is 32.2. The highest BCUT2D eigenvalue weighted by Gasteiger charge is 2.25. The molecule has 0 spiro atoms. The van der Waals surface area contributed by atoms with Gasteiger partial charge in [-0.1, -0.05) is 54.7 Å². The maximum atomic E-state index is 13.8. The summed E-state index contributed by atoms with van der Waals surface area (Å²) < 4.78 is 28.6. The van der Waals surface area contributed by atoms with E-state index < -0.39 is 10.0 Å². The summed E-state index contributed by atoms with van der Waals surface area (Å²) >= 11 is 1.45. The van der Waals surface area contributed by atoms with Gasteiger partial charge in [0.15, 0.2) is 5.13 Å². The first-order valence-corrected chi connectivity index (χ1v) is 14.4. The van der Waals surface area contributed by atoms with Crippen LogP contribution in [0.4, 0.5) is 10.8 Å². The number of rotatable bonds is 8. The number of carbonyl (C=O) groups is 1. The van der Waals surface area contributed by atoms with Gasteiger partial charge in [0.1, 0.15) is 0 Å². The number of anilines is 2. The first-order valence-electron chi connectivity index (χ1n) is 12.1. The van der Waals surface area contributed by atoms with E-state index in [-0.39, 0.29) is 17.3 Å². The van der Waals surface area contributed by atoms with Crippen molar-refractivity contribution in [3.05, 3.63) is 114 Å². The molecule has 0 bridgehead atoms. The van der Waals surface area contributed by atoms with Crippen molar-refractivity contribution in [2.75, 3.05) is 16.3 Å². The quantitative estimate of drug-likeness (QED) is 0.243. The number of nitrogens with zero attached hydrogens (tertiary/aromatic N) is 4. The van der Waals surface area contributed by atoms with Crippen LogP contribution >= 0.6 is 11.3 Å². The zero-order valence-electron chi connectivity index (χ0n) is 21.0. The summed E-state index contributed by atoms with van der Waals surface area (Å²) in [5.41, 5.74) is 3.64. The molecule has 3 aromatic carbocycles. The van der Waals surface area contributed by atoms with Crippen molar-refractivity contribution < 1.29 is 13.2 Å². The summed E-state index contributed by atoms with van der Waals surface area (Å²) in [4.78, 5) is 24.7. The fourth-order valence-electron chi connectivity index (χ4n) is 4.13. The van der Waals surface area contributed by atoms with Gasteiger partial charge in [-0.2, -0.15) is 0 Å². The maximum Gasteiger partial charge on any atom is 0.264 e. The molecule has 0 fully saturated rings. The van der Waals surface area contributed by atoms with Crippen LogP contribution in [-0.2, 0) is 23.0 Å². The van der Waals surface area contributed by atoms with E-state index >= 15 is 0 Å². The van der Waals surface area contributed by atoms with Crippen LogP contribution in [0.25, 0.3) is 10.2 Å². The van der Waals surface area contributed by atoms with Gasteiger partial charge >= 0.3 is 0 Å². The smallest absolute Gasteiger partial charge is 0.264 e. The number of carbonyl (C=O) groups excluding carboxylic acids is 1. The fraction of sp³-hybridized carbons (Fsp3) is 0.138. The standard InChI is InChI=1S/C29H26N4O3S2/c1-3-21-10-9-14-26-27(21)31-29(37-26)33(20-23-11-7-8-19-30-23)28(34)22-15-17-25(18-16-22)38(35,36)32(2)24-12-5-4-6-13-24/h4-19H,3,20H2,1-2H3. The van der Waals surface area contributed by atoms with Crippen LogP contribution in [0.5, 0.6) is 0 Å². The van der Waals surface area contributed by atoms with Crippen LogP contribution in [0, 0.1) is 0 Å². The Bertz CT molecular complexity index is 1670. The number of para-hydroxylation sites is 2. The van der Waals surface area contributed by atoms with Gasteiger partial charge in [0.25, 0.3) is 15.9 Å². The Kier molecular flexibility index (Phi) is 7.22. The van der Waals surface area contributed by atoms with Crippen molar-refractivity contribution in [3.63, 3.8) is 0 Å². The van der Waals surface area contributed by atoms with E-state index in [1.54, 1.807) is 47.5 Å². The Morgan fingerprint density at radius 2 is 1.63 bits per heavy atom. The average Bonchev–Trinajstić information content (AvgIpc) is 3.40. The second-order valence-corrected chi connectivity index (χ2v) is 11.6. The molecular weight excluding hydrogens is 516 g/mol. The number of aromatic nitrogens is 2. The Hall–Kier alpha value is -4.08. The molecule has 7 nitrogen and oxygen atoms in total. The Balaban J connectivity index is 1.49. The molecule has 5 aromatic rings.